The second-order valence-corrected chi connectivity index (χ2v) is 6.21. The lowest BCUT2D eigenvalue weighted by molar-refractivity contribution is -0.125. The van der Waals surface area contributed by atoms with Crippen LogP contribution in [0.3, 0.4) is 0 Å². The second-order valence-electron chi connectivity index (χ2n) is 5.37. The van der Waals surface area contributed by atoms with Crippen LogP contribution in [0.5, 0.6) is 0 Å². The van der Waals surface area contributed by atoms with Crippen LogP contribution in [0.4, 0.5) is 0 Å². The van der Waals surface area contributed by atoms with E-state index in [-0.39, 0.29) is 17.9 Å². The molecule has 6 heteroatoms. The second kappa shape index (κ2) is 5.90. The lowest BCUT2D eigenvalue weighted by Crippen LogP contribution is -2.41. The molecule has 0 unspecified atom stereocenters. The number of hydrogen-bond donors (Lipinski definition) is 1. The summed E-state index contributed by atoms with van der Waals surface area (Å²) in [5, 5.41) is 4.40. The molecule has 2 aliphatic rings. The van der Waals surface area contributed by atoms with Gasteiger partial charge in [-0.15, -0.1) is 0 Å². The summed E-state index contributed by atoms with van der Waals surface area (Å²) in [6.45, 7) is 3.21. The van der Waals surface area contributed by atoms with E-state index < -0.39 is 0 Å². The number of nitrogens with one attached hydrogen (secondary N) is 1. The lowest BCUT2D eigenvalue weighted by atomic mass is 10.1. The normalized spacial score (nSPS) is 27.0. The molecule has 2 aliphatic heterocycles. The van der Waals surface area contributed by atoms with Crippen molar-refractivity contribution < 1.29 is 9.53 Å². The van der Waals surface area contributed by atoms with E-state index in [4.69, 9.17) is 27.9 Å². The van der Waals surface area contributed by atoms with Crippen LogP contribution >= 0.6 is 23.2 Å². The minimum absolute atomic E-state index is 0.0490. The molecule has 108 valence electrons. The average Bonchev–Trinajstić information content (AvgIpc) is 2.63. The van der Waals surface area contributed by atoms with E-state index in [2.05, 4.69) is 10.2 Å². The number of halogens is 2. The zero-order chi connectivity index (χ0) is 14.1. The number of rotatable bonds is 2. The topological polar surface area (TPSA) is 41.6 Å². The fraction of sp³-hybridized carbons (Fsp3) is 0.500. The first-order valence-corrected chi connectivity index (χ1v) is 7.42. The summed E-state index contributed by atoms with van der Waals surface area (Å²) in [5.74, 6) is -0.0207. The van der Waals surface area contributed by atoms with Gasteiger partial charge in [-0.3, -0.25) is 9.69 Å². The highest BCUT2D eigenvalue weighted by Gasteiger charge is 2.33. The van der Waals surface area contributed by atoms with Crippen molar-refractivity contribution in [3.63, 3.8) is 0 Å². The predicted molar refractivity (Wildman–Crippen MR) is 78.0 cm³/mol. The van der Waals surface area contributed by atoms with Crippen molar-refractivity contribution in [3.8, 4) is 0 Å². The highest BCUT2D eigenvalue weighted by molar-refractivity contribution is 6.33. The molecule has 3 rings (SSSR count). The largest absolute Gasteiger partial charge is 0.378 e. The van der Waals surface area contributed by atoms with Crippen molar-refractivity contribution >= 4 is 29.1 Å². The molecule has 0 radical (unpaired) electrons. The van der Waals surface area contributed by atoms with Crippen LogP contribution in [-0.2, 0) is 16.1 Å². The van der Waals surface area contributed by atoms with Gasteiger partial charge in [0.2, 0.25) is 5.91 Å². The lowest BCUT2D eigenvalue weighted by Gasteiger charge is -2.27. The number of benzene rings is 1. The summed E-state index contributed by atoms with van der Waals surface area (Å²) in [4.78, 5) is 14.2. The number of hydrogen-bond acceptors (Lipinski definition) is 3. The number of carbonyl (C=O) groups excluding carboxylic acids is 1. The molecule has 1 aromatic carbocycles. The number of carbonyl (C=O) groups is 1. The molecule has 0 spiro atoms. The first-order chi connectivity index (χ1) is 9.61. The first kappa shape index (κ1) is 14.1. The Morgan fingerprint density at radius 3 is 3.00 bits per heavy atom. The molecule has 1 amide bonds. The maximum Gasteiger partial charge on any atom is 0.227 e. The third-order valence-corrected chi connectivity index (χ3v) is 4.32. The van der Waals surface area contributed by atoms with Gasteiger partial charge in [-0.25, -0.2) is 0 Å². The van der Waals surface area contributed by atoms with Crippen LogP contribution in [-0.4, -0.2) is 43.2 Å². The monoisotopic (exact) mass is 314 g/mol. The van der Waals surface area contributed by atoms with Gasteiger partial charge in [0.1, 0.15) is 0 Å². The Morgan fingerprint density at radius 2 is 2.15 bits per heavy atom. The van der Waals surface area contributed by atoms with Gasteiger partial charge in [-0.1, -0.05) is 23.2 Å². The maximum absolute atomic E-state index is 11.9. The van der Waals surface area contributed by atoms with E-state index in [9.17, 15) is 4.79 Å². The number of amides is 1. The smallest absolute Gasteiger partial charge is 0.227 e. The molecule has 20 heavy (non-hydrogen) atoms. The summed E-state index contributed by atoms with van der Waals surface area (Å²) >= 11 is 12.2. The summed E-state index contributed by atoms with van der Waals surface area (Å²) in [6, 6.07) is 5.53. The van der Waals surface area contributed by atoms with Gasteiger partial charge in [-0.2, -0.15) is 0 Å². The van der Waals surface area contributed by atoms with Crippen molar-refractivity contribution in [2.24, 2.45) is 5.92 Å². The van der Waals surface area contributed by atoms with E-state index in [0.29, 0.717) is 36.3 Å². The van der Waals surface area contributed by atoms with E-state index in [1.807, 2.05) is 12.1 Å². The molecule has 2 saturated heterocycles. The van der Waals surface area contributed by atoms with E-state index in [1.54, 1.807) is 6.07 Å². The fourth-order valence-corrected chi connectivity index (χ4v) is 3.13. The van der Waals surface area contributed by atoms with Gasteiger partial charge < -0.3 is 10.1 Å². The predicted octanol–water partition coefficient (Wildman–Crippen LogP) is 1.94. The van der Waals surface area contributed by atoms with Crippen molar-refractivity contribution in [2.45, 2.75) is 12.6 Å². The minimum atomic E-state index is -0.111. The fourth-order valence-electron chi connectivity index (χ4n) is 2.76. The summed E-state index contributed by atoms with van der Waals surface area (Å²) in [5.41, 5.74) is 0.993. The van der Waals surface area contributed by atoms with Gasteiger partial charge in [0.15, 0.2) is 0 Å². The number of ether oxygens (including phenoxy) is 1. The van der Waals surface area contributed by atoms with Crippen molar-refractivity contribution in [1.29, 1.82) is 0 Å². The molecule has 2 fully saturated rings. The maximum atomic E-state index is 11.9. The summed E-state index contributed by atoms with van der Waals surface area (Å²) in [7, 11) is 0. The SMILES string of the molecule is O=C1N[C@@H]2COC[C@H]1CN(Cc1cc(Cl)ccc1Cl)C2. The van der Waals surface area contributed by atoms with Gasteiger partial charge in [0.25, 0.3) is 0 Å². The molecule has 2 heterocycles. The molecule has 0 aromatic heterocycles. The molecule has 1 N–H and O–H groups in total. The minimum Gasteiger partial charge on any atom is -0.378 e. The van der Waals surface area contributed by atoms with Crippen molar-refractivity contribution in [1.82, 2.24) is 10.2 Å². The average molecular weight is 315 g/mol. The first-order valence-electron chi connectivity index (χ1n) is 6.66. The molecular formula is C14H16Cl2N2O2. The molecular weight excluding hydrogens is 299 g/mol. The Bertz CT molecular complexity index is 524. The Labute approximate surface area is 128 Å². The van der Waals surface area contributed by atoms with E-state index in [1.165, 1.54) is 0 Å². The highest BCUT2D eigenvalue weighted by Crippen LogP contribution is 2.24. The summed E-state index contributed by atoms with van der Waals surface area (Å²) < 4.78 is 5.52. The molecule has 1 aromatic rings. The third-order valence-electron chi connectivity index (χ3n) is 3.71. The quantitative estimate of drug-likeness (QED) is 0.907. The standard InChI is InChI=1S/C14H16Cl2N2O2/c15-11-1-2-13(16)9(3-11)4-18-5-10-7-20-8-12(6-18)17-14(10)19/h1-3,10,12H,4-8H2,(H,17,19)/t10-,12+/m1/s1. The Hall–Kier alpha value is -0.810. The van der Waals surface area contributed by atoms with Crippen LogP contribution in [0.2, 0.25) is 10.0 Å². The van der Waals surface area contributed by atoms with Crippen LogP contribution in [0.15, 0.2) is 18.2 Å². The Kier molecular flexibility index (Phi) is 4.17. The number of nitrogens with zero attached hydrogens (tertiary/aromatic N) is 1. The third kappa shape index (κ3) is 3.09. The zero-order valence-electron chi connectivity index (χ0n) is 10.9. The Balaban J connectivity index is 1.77. The van der Waals surface area contributed by atoms with Gasteiger partial charge in [0.05, 0.1) is 25.2 Å². The van der Waals surface area contributed by atoms with Gasteiger partial charge in [-0.05, 0) is 23.8 Å². The number of fused-ring (bicyclic) bond motifs is 3. The van der Waals surface area contributed by atoms with Crippen LogP contribution in [0, 0.1) is 5.92 Å². The van der Waals surface area contributed by atoms with Gasteiger partial charge in [0, 0.05) is 29.7 Å². The van der Waals surface area contributed by atoms with E-state index >= 15 is 0 Å². The summed E-state index contributed by atoms with van der Waals surface area (Å²) in [6.07, 6.45) is 0. The molecule has 0 aliphatic carbocycles. The van der Waals surface area contributed by atoms with Crippen molar-refractivity contribution in [2.75, 3.05) is 26.3 Å². The van der Waals surface area contributed by atoms with Crippen LogP contribution in [0.1, 0.15) is 5.56 Å². The van der Waals surface area contributed by atoms with E-state index in [0.717, 1.165) is 12.1 Å². The molecule has 4 nitrogen and oxygen atoms in total. The van der Waals surface area contributed by atoms with Crippen LogP contribution in [0.25, 0.3) is 0 Å². The molecule has 2 atom stereocenters. The van der Waals surface area contributed by atoms with Crippen molar-refractivity contribution in [3.05, 3.63) is 33.8 Å². The molecule has 0 saturated carbocycles. The molecule has 2 bridgehead atoms. The Morgan fingerprint density at radius 1 is 1.30 bits per heavy atom. The van der Waals surface area contributed by atoms with Crippen LogP contribution < -0.4 is 5.32 Å². The van der Waals surface area contributed by atoms with Gasteiger partial charge >= 0.3 is 0 Å². The highest BCUT2D eigenvalue weighted by atomic mass is 35.5. The zero-order valence-corrected chi connectivity index (χ0v) is 12.5.